The van der Waals surface area contributed by atoms with E-state index in [4.69, 9.17) is 4.42 Å². The first kappa shape index (κ1) is 16.0. The summed E-state index contributed by atoms with van der Waals surface area (Å²) in [6.45, 7) is 1.98. The van der Waals surface area contributed by atoms with Gasteiger partial charge in [0.15, 0.2) is 5.58 Å². The molecule has 0 unspecified atom stereocenters. The SMILES string of the molecule is Cc1ccc2oc(-c3ccccc3NC(=O)c3ccccc3F)nc2c1. The van der Waals surface area contributed by atoms with E-state index in [-0.39, 0.29) is 5.56 Å². The number of carbonyl (C=O) groups is 1. The van der Waals surface area contributed by atoms with Gasteiger partial charge in [-0.1, -0.05) is 30.3 Å². The molecule has 3 aromatic carbocycles. The van der Waals surface area contributed by atoms with Crippen LogP contribution in [-0.4, -0.2) is 10.9 Å². The van der Waals surface area contributed by atoms with E-state index in [2.05, 4.69) is 10.3 Å². The molecule has 0 aliphatic heterocycles. The van der Waals surface area contributed by atoms with Crippen molar-refractivity contribution in [3.05, 3.63) is 83.7 Å². The van der Waals surface area contributed by atoms with Crippen molar-refractivity contribution < 1.29 is 13.6 Å². The van der Waals surface area contributed by atoms with Crippen molar-refractivity contribution in [2.45, 2.75) is 6.92 Å². The molecule has 0 saturated heterocycles. The molecular formula is C21H15FN2O2. The molecule has 4 nitrogen and oxygen atoms in total. The van der Waals surface area contributed by atoms with Crippen molar-refractivity contribution in [2.24, 2.45) is 0 Å². The van der Waals surface area contributed by atoms with Crippen LogP contribution in [0.1, 0.15) is 15.9 Å². The highest BCUT2D eigenvalue weighted by atomic mass is 19.1. The van der Waals surface area contributed by atoms with Gasteiger partial charge in [0, 0.05) is 0 Å². The van der Waals surface area contributed by atoms with E-state index in [9.17, 15) is 9.18 Å². The fraction of sp³-hybridized carbons (Fsp3) is 0.0476. The third-order valence-corrected chi connectivity index (χ3v) is 4.07. The molecular weight excluding hydrogens is 331 g/mol. The van der Waals surface area contributed by atoms with Crippen LogP contribution < -0.4 is 5.32 Å². The number of nitrogens with one attached hydrogen (secondary N) is 1. The number of amides is 1. The summed E-state index contributed by atoms with van der Waals surface area (Å²) in [5.74, 6) is -0.697. The average Bonchev–Trinajstić information content (AvgIpc) is 3.05. The van der Waals surface area contributed by atoms with Crippen LogP contribution in [0.2, 0.25) is 0 Å². The molecule has 0 atom stereocenters. The van der Waals surface area contributed by atoms with Gasteiger partial charge >= 0.3 is 0 Å². The number of fused-ring (bicyclic) bond motifs is 1. The number of nitrogens with zero attached hydrogens (tertiary/aromatic N) is 1. The molecule has 26 heavy (non-hydrogen) atoms. The van der Waals surface area contributed by atoms with Gasteiger partial charge in [0.1, 0.15) is 11.3 Å². The van der Waals surface area contributed by atoms with E-state index in [1.54, 1.807) is 30.3 Å². The van der Waals surface area contributed by atoms with Gasteiger partial charge in [0.05, 0.1) is 16.8 Å². The number of hydrogen-bond donors (Lipinski definition) is 1. The molecule has 1 aromatic heterocycles. The Hall–Kier alpha value is -3.47. The van der Waals surface area contributed by atoms with E-state index in [1.165, 1.54) is 12.1 Å². The third kappa shape index (κ3) is 2.95. The molecule has 0 aliphatic carbocycles. The highest BCUT2D eigenvalue weighted by Crippen LogP contribution is 2.30. The summed E-state index contributed by atoms with van der Waals surface area (Å²) in [4.78, 5) is 16.9. The second kappa shape index (κ2) is 6.44. The summed E-state index contributed by atoms with van der Waals surface area (Å²) in [6, 6.07) is 18.7. The minimum Gasteiger partial charge on any atom is -0.436 e. The topological polar surface area (TPSA) is 55.1 Å². The largest absolute Gasteiger partial charge is 0.436 e. The van der Waals surface area contributed by atoms with Gasteiger partial charge < -0.3 is 9.73 Å². The maximum atomic E-state index is 13.9. The number of rotatable bonds is 3. The lowest BCUT2D eigenvalue weighted by molar-refractivity contribution is 0.102. The molecule has 1 heterocycles. The van der Waals surface area contributed by atoms with Gasteiger partial charge in [-0.3, -0.25) is 4.79 Å². The predicted molar refractivity (Wildman–Crippen MR) is 98.5 cm³/mol. The maximum Gasteiger partial charge on any atom is 0.258 e. The van der Waals surface area contributed by atoms with Crippen molar-refractivity contribution >= 4 is 22.7 Å². The number of para-hydroxylation sites is 1. The molecule has 4 rings (SSSR count). The average molecular weight is 346 g/mol. The second-order valence-electron chi connectivity index (χ2n) is 5.97. The zero-order valence-electron chi connectivity index (χ0n) is 14.0. The number of aryl methyl sites for hydroxylation is 1. The predicted octanol–water partition coefficient (Wildman–Crippen LogP) is 5.19. The normalized spacial score (nSPS) is 10.8. The molecule has 0 saturated carbocycles. The van der Waals surface area contributed by atoms with Crippen molar-refractivity contribution in [1.29, 1.82) is 0 Å². The first-order valence-electron chi connectivity index (χ1n) is 8.14. The summed E-state index contributed by atoms with van der Waals surface area (Å²) < 4.78 is 19.7. The zero-order valence-corrected chi connectivity index (χ0v) is 14.0. The smallest absolute Gasteiger partial charge is 0.258 e. The summed E-state index contributed by atoms with van der Waals surface area (Å²) in [7, 11) is 0. The Kier molecular flexibility index (Phi) is 3.97. The lowest BCUT2D eigenvalue weighted by atomic mass is 10.1. The molecule has 1 amide bonds. The van der Waals surface area contributed by atoms with Gasteiger partial charge in [-0.15, -0.1) is 0 Å². The Balaban J connectivity index is 1.72. The van der Waals surface area contributed by atoms with E-state index in [1.807, 2.05) is 31.2 Å². The van der Waals surface area contributed by atoms with E-state index < -0.39 is 11.7 Å². The molecule has 1 N–H and O–H groups in total. The minimum absolute atomic E-state index is 0.0181. The quantitative estimate of drug-likeness (QED) is 0.555. The van der Waals surface area contributed by atoms with Gasteiger partial charge in [0.2, 0.25) is 5.89 Å². The third-order valence-electron chi connectivity index (χ3n) is 4.07. The minimum atomic E-state index is -0.570. The van der Waals surface area contributed by atoms with E-state index >= 15 is 0 Å². The highest BCUT2D eigenvalue weighted by Gasteiger charge is 2.16. The van der Waals surface area contributed by atoms with Crippen LogP contribution in [0.4, 0.5) is 10.1 Å². The van der Waals surface area contributed by atoms with Crippen molar-refractivity contribution in [3.63, 3.8) is 0 Å². The van der Waals surface area contributed by atoms with E-state index in [0.717, 1.165) is 11.1 Å². The molecule has 0 fully saturated rings. The molecule has 5 heteroatoms. The highest BCUT2D eigenvalue weighted by molar-refractivity contribution is 6.06. The molecule has 0 bridgehead atoms. The number of halogens is 1. The molecule has 4 aromatic rings. The number of carbonyl (C=O) groups excluding carboxylic acids is 1. The Morgan fingerprint density at radius 1 is 1.04 bits per heavy atom. The summed E-state index contributed by atoms with van der Waals surface area (Å²) in [5.41, 5.74) is 3.61. The maximum absolute atomic E-state index is 13.9. The second-order valence-corrected chi connectivity index (χ2v) is 5.97. The van der Waals surface area contributed by atoms with Gasteiger partial charge in [0.25, 0.3) is 5.91 Å². The van der Waals surface area contributed by atoms with Gasteiger partial charge in [-0.05, 0) is 48.9 Å². The monoisotopic (exact) mass is 346 g/mol. The van der Waals surface area contributed by atoms with Crippen LogP contribution in [0.3, 0.4) is 0 Å². The Bertz CT molecular complexity index is 1120. The fourth-order valence-corrected chi connectivity index (χ4v) is 2.77. The van der Waals surface area contributed by atoms with Crippen LogP contribution in [0.5, 0.6) is 0 Å². The molecule has 0 radical (unpaired) electrons. The van der Waals surface area contributed by atoms with Crippen LogP contribution in [0.15, 0.2) is 71.1 Å². The van der Waals surface area contributed by atoms with Crippen LogP contribution in [0, 0.1) is 12.7 Å². The first-order valence-corrected chi connectivity index (χ1v) is 8.14. The molecule has 128 valence electrons. The fourth-order valence-electron chi connectivity index (χ4n) is 2.77. The van der Waals surface area contributed by atoms with Crippen molar-refractivity contribution in [2.75, 3.05) is 5.32 Å². The lowest BCUT2D eigenvalue weighted by Crippen LogP contribution is -2.14. The standard InChI is InChI=1S/C21H15FN2O2/c1-13-10-11-19-18(12-13)24-21(26-19)15-7-3-5-9-17(15)23-20(25)14-6-2-4-8-16(14)22/h2-12H,1H3,(H,23,25). The van der Waals surface area contributed by atoms with Gasteiger partial charge in [-0.25, -0.2) is 9.37 Å². The summed E-state index contributed by atoms with van der Waals surface area (Å²) in [5, 5.41) is 2.74. The summed E-state index contributed by atoms with van der Waals surface area (Å²) in [6.07, 6.45) is 0. The number of hydrogen-bond acceptors (Lipinski definition) is 3. The van der Waals surface area contributed by atoms with E-state index in [0.29, 0.717) is 22.7 Å². The Labute approximate surface area is 149 Å². The van der Waals surface area contributed by atoms with Crippen LogP contribution >= 0.6 is 0 Å². The van der Waals surface area contributed by atoms with Crippen LogP contribution in [0.25, 0.3) is 22.6 Å². The Morgan fingerprint density at radius 3 is 2.65 bits per heavy atom. The van der Waals surface area contributed by atoms with Gasteiger partial charge in [-0.2, -0.15) is 0 Å². The lowest BCUT2D eigenvalue weighted by Gasteiger charge is -2.09. The first-order chi connectivity index (χ1) is 12.6. The Morgan fingerprint density at radius 2 is 1.81 bits per heavy atom. The van der Waals surface area contributed by atoms with Crippen molar-refractivity contribution in [3.8, 4) is 11.5 Å². The summed E-state index contributed by atoms with van der Waals surface area (Å²) >= 11 is 0. The number of anilines is 1. The van der Waals surface area contributed by atoms with Crippen LogP contribution in [-0.2, 0) is 0 Å². The molecule has 0 spiro atoms. The number of benzene rings is 3. The number of aromatic nitrogens is 1. The zero-order chi connectivity index (χ0) is 18.1. The van der Waals surface area contributed by atoms with Crippen molar-refractivity contribution in [1.82, 2.24) is 4.98 Å². The number of oxazole rings is 1. The molecule has 0 aliphatic rings.